The number of aliphatic hydroxyl groups excluding tert-OH is 1. The summed E-state index contributed by atoms with van der Waals surface area (Å²) in [5.41, 5.74) is -0.561. The van der Waals surface area contributed by atoms with Gasteiger partial charge in [-0.3, -0.25) is 4.90 Å². The number of hydrogen-bond donors (Lipinski definition) is 3. The van der Waals surface area contributed by atoms with Crippen molar-refractivity contribution in [3.05, 3.63) is 47.8 Å². The van der Waals surface area contributed by atoms with Gasteiger partial charge in [0.15, 0.2) is 6.10 Å². The third-order valence-electron chi connectivity index (χ3n) is 12.2. The van der Waals surface area contributed by atoms with Gasteiger partial charge in [-0.2, -0.15) is 0 Å². The SMILES string of the molecule is CO[C@H]1C[C@H]2C=CC3C(C4[C@H]3[C@H](OC(=O)c3ccc[nH]3)[C@H](C)[C@H]4O)[C@]2(O)/C(C)=C/[C@@H](C)[C@@H]([C@@H](C)OC(=O)C(=O)OCCN2CCCCC2)OC1=O. The maximum absolute atomic E-state index is 13.6. The molecule has 0 radical (unpaired) electrons. The fourth-order valence-corrected chi connectivity index (χ4v) is 9.53. The van der Waals surface area contributed by atoms with Gasteiger partial charge in [0.05, 0.1) is 11.7 Å². The molecule has 6 rings (SSSR count). The zero-order valence-electron chi connectivity index (χ0n) is 30.1. The van der Waals surface area contributed by atoms with Gasteiger partial charge < -0.3 is 38.9 Å². The quantitative estimate of drug-likeness (QED) is 0.156. The molecule has 280 valence electrons. The second-order valence-corrected chi connectivity index (χ2v) is 15.1. The molecule has 1 saturated heterocycles. The van der Waals surface area contributed by atoms with Gasteiger partial charge in [-0.1, -0.05) is 38.5 Å². The number of aliphatic hydroxyl groups is 2. The van der Waals surface area contributed by atoms with Crippen LogP contribution in [0.3, 0.4) is 0 Å². The van der Waals surface area contributed by atoms with Crippen molar-refractivity contribution >= 4 is 23.9 Å². The number of carbonyl (C=O) groups excluding carboxylic acids is 4. The van der Waals surface area contributed by atoms with Gasteiger partial charge >= 0.3 is 23.9 Å². The molecule has 3 heterocycles. The number of hydrogen-bond acceptors (Lipinski definition) is 12. The fourth-order valence-electron chi connectivity index (χ4n) is 9.53. The standard InChI is InChI=1S/C38H52N2O11/c1-20-18-21(2)38(46)24(11-12-25-28-29(30(25)38)31(41)22(3)33(28)51-34(42)26-10-9-13-39-26)19-27(47-5)35(43)50-32(20)23(4)49-37(45)36(44)48-17-16-40-14-7-6-8-15-40/h9-13,18,20,22-25,27-33,39,41,46H,6-8,14-17,19H2,1-5H3/b21-18+/t20-,22-,23-,24-,25?,27+,28+,29?,30?,31-,32+,33-,38+/m1/s1. The summed E-state index contributed by atoms with van der Waals surface area (Å²) >= 11 is 0. The number of aromatic nitrogens is 1. The molecule has 2 saturated carbocycles. The number of ether oxygens (including phenoxy) is 5. The van der Waals surface area contributed by atoms with Crippen molar-refractivity contribution in [2.24, 2.45) is 41.4 Å². The van der Waals surface area contributed by atoms with Crippen molar-refractivity contribution in [3.63, 3.8) is 0 Å². The Morgan fingerprint density at radius 3 is 2.55 bits per heavy atom. The Morgan fingerprint density at radius 1 is 1.12 bits per heavy atom. The number of carbonyl (C=O) groups is 4. The number of cyclic esters (lactones) is 1. The topological polar surface area (TPSA) is 174 Å². The predicted molar refractivity (Wildman–Crippen MR) is 182 cm³/mol. The fraction of sp³-hybridized carbons (Fsp3) is 0.684. The second kappa shape index (κ2) is 15.2. The van der Waals surface area contributed by atoms with Gasteiger partial charge in [0.1, 0.15) is 30.6 Å². The van der Waals surface area contributed by atoms with E-state index in [1.54, 1.807) is 32.2 Å². The molecule has 51 heavy (non-hydrogen) atoms. The van der Waals surface area contributed by atoms with Crippen molar-refractivity contribution in [2.75, 3.05) is 33.4 Å². The highest BCUT2D eigenvalue weighted by atomic mass is 16.6. The van der Waals surface area contributed by atoms with Crippen LogP contribution in [0.4, 0.5) is 0 Å². The Morgan fingerprint density at radius 2 is 1.86 bits per heavy atom. The maximum Gasteiger partial charge on any atom is 0.417 e. The number of nitrogens with zero attached hydrogens (tertiary/aromatic N) is 1. The Labute approximate surface area is 298 Å². The van der Waals surface area contributed by atoms with E-state index in [0.29, 0.717) is 17.8 Å². The van der Waals surface area contributed by atoms with E-state index < -0.39 is 77.8 Å². The number of piperidine rings is 1. The molecule has 0 bridgehead atoms. The lowest BCUT2D eigenvalue weighted by Gasteiger charge is -2.61. The van der Waals surface area contributed by atoms with Crippen molar-refractivity contribution in [1.82, 2.24) is 9.88 Å². The predicted octanol–water partition coefficient (Wildman–Crippen LogP) is 2.82. The average molecular weight is 713 g/mol. The number of likely N-dealkylation sites (tertiary alicyclic amines) is 1. The van der Waals surface area contributed by atoms with Gasteiger partial charge in [0, 0.05) is 49.4 Å². The van der Waals surface area contributed by atoms with Crippen molar-refractivity contribution in [2.45, 2.75) is 89.5 Å². The smallest absolute Gasteiger partial charge is 0.417 e. The molecule has 0 aromatic carbocycles. The minimum absolute atomic E-state index is 0.0657. The first-order chi connectivity index (χ1) is 24.4. The van der Waals surface area contributed by atoms with Crippen molar-refractivity contribution in [1.29, 1.82) is 0 Å². The van der Waals surface area contributed by atoms with Crippen LogP contribution in [-0.4, -0.2) is 113 Å². The maximum atomic E-state index is 13.6. The largest absolute Gasteiger partial charge is 0.457 e. The third kappa shape index (κ3) is 7.02. The summed E-state index contributed by atoms with van der Waals surface area (Å²) in [7, 11) is 1.39. The van der Waals surface area contributed by atoms with Crippen LogP contribution >= 0.6 is 0 Å². The zero-order valence-corrected chi connectivity index (χ0v) is 30.1. The Bertz CT molecular complexity index is 1500. The van der Waals surface area contributed by atoms with Crippen LogP contribution in [0, 0.1) is 41.4 Å². The van der Waals surface area contributed by atoms with Crippen LogP contribution in [0.25, 0.3) is 0 Å². The van der Waals surface area contributed by atoms with Crippen LogP contribution in [0.2, 0.25) is 0 Å². The average Bonchev–Trinajstić information content (AvgIpc) is 3.71. The molecule has 0 amide bonds. The second-order valence-electron chi connectivity index (χ2n) is 15.1. The summed E-state index contributed by atoms with van der Waals surface area (Å²) in [6, 6.07) is 3.35. The van der Waals surface area contributed by atoms with Crippen molar-refractivity contribution in [3.8, 4) is 0 Å². The normalized spacial score (nSPS) is 39.5. The molecule has 3 unspecified atom stereocenters. The highest BCUT2D eigenvalue weighted by molar-refractivity contribution is 6.29. The van der Waals surface area contributed by atoms with E-state index in [4.69, 9.17) is 23.7 Å². The summed E-state index contributed by atoms with van der Waals surface area (Å²) in [5.74, 6) is -6.22. The molecule has 1 aromatic heterocycles. The summed E-state index contributed by atoms with van der Waals surface area (Å²) < 4.78 is 28.2. The first kappa shape index (κ1) is 37.2. The molecule has 3 aliphatic carbocycles. The summed E-state index contributed by atoms with van der Waals surface area (Å²) in [5, 5.41) is 24.4. The number of allylic oxidation sites excluding steroid dienone is 1. The van der Waals surface area contributed by atoms with Gasteiger partial charge in [0.2, 0.25) is 0 Å². The van der Waals surface area contributed by atoms with E-state index in [0.717, 1.165) is 25.9 Å². The van der Waals surface area contributed by atoms with Crippen LogP contribution in [0.5, 0.6) is 0 Å². The lowest BCUT2D eigenvalue weighted by Crippen LogP contribution is -2.65. The van der Waals surface area contributed by atoms with Gasteiger partial charge in [-0.15, -0.1) is 0 Å². The lowest BCUT2D eigenvalue weighted by molar-refractivity contribution is -0.190. The minimum Gasteiger partial charge on any atom is -0.457 e. The van der Waals surface area contributed by atoms with E-state index in [-0.39, 0.29) is 36.7 Å². The summed E-state index contributed by atoms with van der Waals surface area (Å²) in [4.78, 5) is 56.9. The van der Waals surface area contributed by atoms with E-state index >= 15 is 0 Å². The van der Waals surface area contributed by atoms with Crippen LogP contribution in [0.1, 0.15) is 63.9 Å². The van der Waals surface area contributed by atoms with Gasteiger partial charge in [0.25, 0.3) is 0 Å². The number of aromatic amines is 1. The van der Waals surface area contributed by atoms with Crippen LogP contribution in [-0.2, 0) is 38.1 Å². The van der Waals surface area contributed by atoms with Gasteiger partial charge in [-0.25, -0.2) is 19.2 Å². The first-order valence-corrected chi connectivity index (χ1v) is 18.3. The number of nitrogens with one attached hydrogen (secondary N) is 1. The van der Waals surface area contributed by atoms with Crippen LogP contribution < -0.4 is 0 Å². The summed E-state index contributed by atoms with van der Waals surface area (Å²) in [6.45, 7) is 9.47. The number of esters is 4. The highest BCUT2D eigenvalue weighted by Gasteiger charge is 2.71. The van der Waals surface area contributed by atoms with Gasteiger partial charge in [-0.05, 0) is 75.7 Å². The lowest BCUT2D eigenvalue weighted by atomic mass is 9.46. The molecule has 2 aliphatic heterocycles. The minimum atomic E-state index is -1.50. The monoisotopic (exact) mass is 712 g/mol. The summed E-state index contributed by atoms with van der Waals surface area (Å²) in [6.07, 6.45) is 6.29. The first-order valence-electron chi connectivity index (χ1n) is 18.3. The van der Waals surface area contributed by atoms with Crippen LogP contribution in [0.15, 0.2) is 42.1 Å². The van der Waals surface area contributed by atoms with E-state index in [1.807, 2.05) is 32.1 Å². The third-order valence-corrected chi connectivity index (χ3v) is 12.2. The molecular formula is C38H52N2O11. The van der Waals surface area contributed by atoms with E-state index in [9.17, 15) is 29.4 Å². The number of rotatable bonds is 8. The Kier molecular flexibility index (Phi) is 11.1. The molecule has 5 aliphatic rings. The van der Waals surface area contributed by atoms with Crippen molar-refractivity contribution < 1.29 is 53.1 Å². The number of methoxy groups -OCH3 is 1. The van der Waals surface area contributed by atoms with E-state index in [1.165, 1.54) is 13.5 Å². The molecule has 3 N–H and O–H groups in total. The molecule has 13 heteroatoms. The molecule has 3 fully saturated rings. The number of H-pyrrole nitrogens is 1. The molecule has 13 nitrogen and oxygen atoms in total. The van der Waals surface area contributed by atoms with E-state index in [2.05, 4.69) is 9.88 Å². The molecule has 1 aromatic rings. The molecule has 13 atom stereocenters. The zero-order chi connectivity index (χ0) is 36.6. The Hall–Kier alpha value is -3.52. The number of fused-ring (bicyclic) bond motifs is 6. The Balaban J connectivity index is 1.20. The molecule has 0 spiro atoms. The highest BCUT2D eigenvalue weighted by Crippen LogP contribution is 2.66. The molecular weight excluding hydrogens is 660 g/mol.